The average Bonchev–Trinajstić information content (AvgIpc) is 2.71. The van der Waals surface area contributed by atoms with Crippen LogP contribution in [0.2, 0.25) is 0 Å². The fraction of sp³-hybridized carbons (Fsp3) is 0.238. The number of anilines is 2. The first kappa shape index (κ1) is 17.7. The maximum atomic E-state index is 5.41. The molecule has 2 aromatic carbocycles. The lowest BCUT2D eigenvalue weighted by atomic mass is 10.1. The molecule has 5 heteroatoms. The number of para-hydroxylation sites is 1. The minimum Gasteiger partial charge on any atom is -0.496 e. The van der Waals surface area contributed by atoms with Gasteiger partial charge in [0.2, 0.25) is 5.95 Å². The Morgan fingerprint density at radius 1 is 0.923 bits per heavy atom. The number of ether oxygens (including phenoxy) is 1. The molecule has 0 aliphatic carbocycles. The van der Waals surface area contributed by atoms with Crippen LogP contribution in [0.3, 0.4) is 0 Å². The SMILES string of the molecule is CCCNc1cc(-c2ccccc2)nc(NCc2ccccc2OC)n1. The second kappa shape index (κ2) is 8.85. The maximum Gasteiger partial charge on any atom is 0.225 e. The molecule has 2 N–H and O–H groups in total. The van der Waals surface area contributed by atoms with Crippen molar-refractivity contribution < 1.29 is 4.74 Å². The molecule has 0 atom stereocenters. The Hall–Kier alpha value is -3.08. The molecular formula is C21H24N4O. The number of methoxy groups -OCH3 is 1. The number of rotatable bonds is 8. The fourth-order valence-corrected chi connectivity index (χ4v) is 2.65. The summed E-state index contributed by atoms with van der Waals surface area (Å²) in [7, 11) is 1.68. The molecule has 1 aromatic heterocycles. The summed E-state index contributed by atoms with van der Waals surface area (Å²) in [5.41, 5.74) is 3.02. The molecule has 26 heavy (non-hydrogen) atoms. The summed E-state index contributed by atoms with van der Waals surface area (Å²) in [5, 5.41) is 6.67. The van der Waals surface area contributed by atoms with Crippen molar-refractivity contribution in [3.8, 4) is 17.0 Å². The van der Waals surface area contributed by atoms with E-state index in [1.807, 2.05) is 48.5 Å². The Labute approximate surface area is 154 Å². The van der Waals surface area contributed by atoms with Gasteiger partial charge in [0.15, 0.2) is 0 Å². The molecule has 0 aliphatic heterocycles. The Morgan fingerprint density at radius 3 is 2.46 bits per heavy atom. The molecule has 0 radical (unpaired) electrons. The number of aromatic nitrogens is 2. The van der Waals surface area contributed by atoms with Gasteiger partial charge in [0.25, 0.3) is 0 Å². The molecule has 0 unspecified atom stereocenters. The molecule has 3 rings (SSSR count). The maximum absolute atomic E-state index is 5.41. The molecule has 0 aliphatic rings. The number of hydrogen-bond donors (Lipinski definition) is 2. The molecule has 0 amide bonds. The number of hydrogen-bond acceptors (Lipinski definition) is 5. The van der Waals surface area contributed by atoms with Gasteiger partial charge in [0.05, 0.1) is 12.8 Å². The number of benzene rings is 2. The lowest BCUT2D eigenvalue weighted by Crippen LogP contribution is -2.09. The molecule has 0 saturated carbocycles. The highest BCUT2D eigenvalue weighted by Gasteiger charge is 2.08. The molecule has 1 heterocycles. The van der Waals surface area contributed by atoms with Crippen LogP contribution in [0.15, 0.2) is 60.7 Å². The van der Waals surface area contributed by atoms with E-state index in [0.29, 0.717) is 12.5 Å². The van der Waals surface area contributed by atoms with E-state index in [4.69, 9.17) is 4.74 Å². The van der Waals surface area contributed by atoms with Crippen molar-refractivity contribution >= 4 is 11.8 Å². The average molecular weight is 348 g/mol. The van der Waals surface area contributed by atoms with Gasteiger partial charge < -0.3 is 15.4 Å². The molecule has 5 nitrogen and oxygen atoms in total. The van der Waals surface area contributed by atoms with Crippen LogP contribution >= 0.6 is 0 Å². The fourth-order valence-electron chi connectivity index (χ4n) is 2.65. The molecule has 0 saturated heterocycles. The topological polar surface area (TPSA) is 59.1 Å². The second-order valence-electron chi connectivity index (χ2n) is 5.92. The smallest absolute Gasteiger partial charge is 0.225 e. The number of nitrogens with zero attached hydrogens (tertiary/aromatic N) is 2. The van der Waals surface area contributed by atoms with E-state index in [0.717, 1.165) is 41.4 Å². The highest BCUT2D eigenvalue weighted by molar-refractivity contribution is 5.64. The van der Waals surface area contributed by atoms with Gasteiger partial charge >= 0.3 is 0 Å². The first-order valence-corrected chi connectivity index (χ1v) is 8.84. The van der Waals surface area contributed by atoms with Crippen LogP contribution in [0.25, 0.3) is 11.3 Å². The lowest BCUT2D eigenvalue weighted by molar-refractivity contribution is 0.410. The van der Waals surface area contributed by atoms with Crippen molar-refractivity contribution in [1.82, 2.24) is 9.97 Å². The zero-order valence-electron chi connectivity index (χ0n) is 15.2. The van der Waals surface area contributed by atoms with E-state index in [2.05, 4.69) is 39.7 Å². The van der Waals surface area contributed by atoms with Crippen LogP contribution < -0.4 is 15.4 Å². The Balaban J connectivity index is 1.85. The summed E-state index contributed by atoms with van der Waals surface area (Å²) < 4.78 is 5.41. The van der Waals surface area contributed by atoms with Crippen molar-refractivity contribution in [2.75, 3.05) is 24.3 Å². The van der Waals surface area contributed by atoms with Crippen LogP contribution in [0.1, 0.15) is 18.9 Å². The minimum absolute atomic E-state index is 0.593. The van der Waals surface area contributed by atoms with Crippen LogP contribution in [0.4, 0.5) is 11.8 Å². The van der Waals surface area contributed by atoms with E-state index in [9.17, 15) is 0 Å². The second-order valence-corrected chi connectivity index (χ2v) is 5.92. The zero-order chi connectivity index (χ0) is 18.2. The van der Waals surface area contributed by atoms with Crippen LogP contribution in [-0.4, -0.2) is 23.6 Å². The summed E-state index contributed by atoms with van der Waals surface area (Å²) >= 11 is 0. The third-order valence-corrected chi connectivity index (χ3v) is 3.98. The van der Waals surface area contributed by atoms with Gasteiger partial charge in [-0.25, -0.2) is 4.98 Å². The van der Waals surface area contributed by atoms with E-state index >= 15 is 0 Å². The van der Waals surface area contributed by atoms with Crippen LogP contribution in [-0.2, 0) is 6.54 Å². The third-order valence-electron chi connectivity index (χ3n) is 3.98. The van der Waals surface area contributed by atoms with Gasteiger partial charge in [-0.2, -0.15) is 4.98 Å². The zero-order valence-corrected chi connectivity index (χ0v) is 15.2. The first-order chi connectivity index (χ1) is 12.8. The van der Waals surface area contributed by atoms with E-state index in [1.54, 1.807) is 7.11 Å². The Morgan fingerprint density at radius 2 is 1.69 bits per heavy atom. The normalized spacial score (nSPS) is 10.4. The molecule has 0 fully saturated rings. The monoisotopic (exact) mass is 348 g/mol. The summed E-state index contributed by atoms with van der Waals surface area (Å²) in [6.45, 7) is 3.60. The molecule has 0 spiro atoms. The van der Waals surface area contributed by atoms with Gasteiger partial charge in [-0.1, -0.05) is 55.5 Å². The van der Waals surface area contributed by atoms with Crippen LogP contribution in [0, 0.1) is 0 Å². The summed E-state index contributed by atoms with van der Waals surface area (Å²) in [5.74, 6) is 2.27. The molecular weight excluding hydrogens is 324 g/mol. The summed E-state index contributed by atoms with van der Waals surface area (Å²) in [4.78, 5) is 9.27. The van der Waals surface area contributed by atoms with Gasteiger partial charge in [-0.15, -0.1) is 0 Å². The standard InChI is InChI=1S/C21H24N4O/c1-3-13-22-20-14-18(16-9-5-4-6-10-16)24-21(25-20)23-15-17-11-7-8-12-19(17)26-2/h4-12,14H,3,13,15H2,1-2H3,(H2,22,23,24,25). The largest absolute Gasteiger partial charge is 0.496 e. The van der Waals surface area contributed by atoms with Crippen molar-refractivity contribution in [3.63, 3.8) is 0 Å². The third kappa shape index (κ3) is 4.51. The molecule has 0 bridgehead atoms. The summed E-state index contributed by atoms with van der Waals surface area (Å²) in [6.07, 6.45) is 1.04. The van der Waals surface area contributed by atoms with E-state index < -0.39 is 0 Å². The Kier molecular flexibility index (Phi) is 6.04. The van der Waals surface area contributed by atoms with Gasteiger partial charge in [0, 0.05) is 30.3 Å². The Bertz CT molecular complexity index is 836. The van der Waals surface area contributed by atoms with Crippen molar-refractivity contribution in [3.05, 3.63) is 66.2 Å². The van der Waals surface area contributed by atoms with Crippen LogP contribution in [0.5, 0.6) is 5.75 Å². The number of nitrogens with one attached hydrogen (secondary N) is 2. The predicted octanol–water partition coefficient (Wildman–Crippen LogP) is 4.59. The van der Waals surface area contributed by atoms with Crippen molar-refractivity contribution in [2.24, 2.45) is 0 Å². The van der Waals surface area contributed by atoms with Gasteiger partial charge in [-0.3, -0.25) is 0 Å². The minimum atomic E-state index is 0.593. The van der Waals surface area contributed by atoms with Crippen molar-refractivity contribution in [2.45, 2.75) is 19.9 Å². The van der Waals surface area contributed by atoms with E-state index in [-0.39, 0.29) is 0 Å². The van der Waals surface area contributed by atoms with Gasteiger partial charge in [0.1, 0.15) is 11.6 Å². The van der Waals surface area contributed by atoms with Gasteiger partial charge in [-0.05, 0) is 12.5 Å². The summed E-state index contributed by atoms with van der Waals surface area (Å²) in [6, 6.07) is 20.1. The highest BCUT2D eigenvalue weighted by Crippen LogP contribution is 2.23. The lowest BCUT2D eigenvalue weighted by Gasteiger charge is -2.12. The van der Waals surface area contributed by atoms with Crippen molar-refractivity contribution in [1.29, 1.82) is 0 Å². The quantitative estimate of drug-likeness (QED) is 0.624. The highest BCUT2D eigenvalue weighted by atomic mass is 16.5. The first-order valence-electron chi connectivity index (χ1n) is 8.84. The van der Waals surface area contributed by atoms with E-state index in [1.165, 1.54) is 0 Å². The predicted molar refractivity (Wildman–Crippen MR) is 107 cm³/mol. The molecule has 134 valence electrons. The molecule has 3 aromatic rings.